The number of carboxylic acids is 1. The van der Waals surface area contributed by atoms with Crippen molar-refractivity contribution in [3.63, 3.8) is 0 Å². The van der Waals surface area contributed by atoms with Crippen LogP contribution in [0.15, 0.2) is 0 Å². The monoisotopic (exact) mass is 377 g/mol. The molecule has 0 aliphatic carbocycles. The van der Waals surface area contributed by atoms with Crippen LogP contribution in [-0.2, 0) is 28.9 Å². The van der Waals surface area contributed by atoms with Gasteiger partial charge in [0.2, 0.25) is 17.7 Å². The van der Waals surface area contributed by atoms with E-state index in [0.29, 0.717) is 0 Å². The van der Waals surface area contributed by atoms with Gasteiger partial charge in [0.05, 0.1) is 6.42 Å². The van der Waals surface area contributed by atoms with Gasteiger partial charge in [-0.15, -0.1) is 0 Å². The zero-order valence-electron chi connectivity index (χ0n) is 14.4. The van der Waals surface area contributed by atoms with Crippen molar-refractivity contribution in [2.24, 2.45) is 5.92 Å². The number of carboxylic acid groups (broad SMARTS) is 1. The van der Waals surface area contributed by atoms with Crippen LogP contribution in [0.25, 0.3) is 0 Å². The van der Waals surface area contributed by atoms with Crippen LogP contribution < -0.4 is 10.6 Å². The topological polar surface area (TPSA) is 183 Å². The van der Waals surface area contributed by atoms with E-state index in [1.165, 1.54) is 7.05 Å². The van der Waals surface area contributed by atoms with Gasteiger partial charge in [-0.3, -0.25) is 24.4 Å². The molecule has 3 amide bonds. The molecule has 5 N–H and O–H groups in total. The van der Waals surface area contributed by atoms with Crippen molar-refractivity contribution < 1.29 is 44.4 Å². The molecular weight excluding hydrogens is 354 g/mol. The highest BCUT2D eigenvalue weighted by Crippen LogP contribution is 2.15. The molecule has 0 rings (SSSR count). The third-order valence-corrected chi connectivity index (χ3v) is 3.45. The second kappa shape index (κ2) is 11.8. The average Bonchev–Trinajstić information content (AvgIpc) is 2.58. The first-order valence-electron chi connectivity index (χ1n) is 7.65. The quantitative estimate of drug-likeness (QED) is 0.166. The van der Waals surface area contributed by atoms with Crippen LogP contribution in [0.3, 0.4) is 0 Å². The Kier molecular flexibility index (Phi) is 10.5. The van der Waals surface area contributed by atoms with Gasteiger partial charge < -0.3 is 20.6 Å². The standard InChI is InChI=1S/C14H23N3O9/c1-15-14(23)9(7-12(21)26-25)16-13(22)8(4-3-5-11(19)20)6-10(18)17(2)24/h8-9,24-25H,3-7H2,1-2H3,(H,15,23)(H,16,22)(H,19,20)/t8-,9+/m1/s1. The van der Waals surface area contributed by atoms with Crippen molar-refractivity contribution in [2.45, 2.75) is 38.1 Å². The van der Waals surface area contributed by atoms with Gasteiger partial charge in [0.15, 0.2) is 0 Å². The zero-order valence-corrected chi connectivity index (χ0v) is 14.4. The molecule has 0 aromatic heterocycles. The minimum Gasteiger partial charge on any atom is -0.481 e. The van der Waals surface area contributed by atoms with E-state index >= 15 is 0 Å². The van der Waals surface area contributed by atoms with Gasteiger partial charge in [-0.1, -0.05) is 0 Å². The minimum atomic E-state index is -1.36. The fourth-order valence-electron chi connectivity index (χ4n) is 2.05. The first-order chi connectivity index (χ1) is 12.1. The fraction of sp³-hybridized carbons (Fsp3) is 0.643. The van der Waals surface area contributed by atoms with Crippen LogP contribution in [0.5, 0.6) is 0 Å². The van der Waals surface area contributed by atoms with E-state index in [2.05, 4.69) is 15.5 Å². The number of nitrogens with one attached hydrogen (secondary N) is 2. The maximum absolute atomic E-state index is 12.4. The summed E-state index contributed by atoms with van der Waals surface area (Å²) >= 11 is 0. The highest BCUT2D eigenvalue weighted by molar-refractivity contribution is 5.92. The molecule has 0 saturated heterocycles. The summed E-state index contributed by atoms with van der Waals surface area (Å²) in [5, 5.41) is 30.9. The molecule has 148 valence electrons. The third kappa shape index (κ3) is 8.94. The lowest BCUT2D eigenvalue weighted by molar-refractivity contribution is -0.234. The van der Waals surface area contributed by atoms with E-state index in [9.17, 15) is 24.0 Å². The maximum Gasteiger partial charge on any atom is 0.344 e. The number of aliphatic carboxylic acids is 1. The van der Waals surface area contributed by atoms with E-state index < -0.39 is 54.5 Å². The van der Waals surface area contributed by atoms with Gasteiger partial charge >= 0.3 is 11.9 Å². The van der Waals surface area contributed by atoms with Crippen LogP contribution in [0.1, 0.15) is 32.1 Å². The highest BCUT2D eigenvalue weighted by Gasteiger charge is 2.29. The van der Waals surface area contributed by atoms with Gasteiger partial charge in [0.1, 0.15) is 6.04 Å². The van der Waals surface area contributed by atoms with Crippen molar-refractivity contribution >= 4 is 29.7 Å². The molecule has 0 radical (unpaired) electrons. The summed E-state index contributed by atoms with van der Waals surface area (Å²) in [4.78, 5) is 61.0. The van der Waals surface area contributed by atoms with Crippen molar-refractivity contribution in [3.05, 3.63) is 0 Å². The summed E-state index contributed by atoms with van der Waals surface area (Å²) < 4.78 is 0. The molecular formula is C14H23N3O9. The van der Waals surface area contributed by atoms with Crippen LogP contribution >= 0.6 is 0 Å². The predicted molar refractivity (Wildman–Crippen MR) is 83.5 cm³/mol. The Morgan fingerprint density at radius 3 is 2.19 bits per heavy atom. The first kappa shape index (κ1) is 23.3. The maximum atomic E-state index is 12.4. The fourth-order valence-corrected chi connectivity index (χ4v) is 2.05. The number of nitrogens with zero attached hydrogens (tertiary/aromatic N) is 1. The van der Waals surface area contributed by atoms with Crippen LogP contribution in [0.2, 0.25) is 0 Å². The lowest BCUT2D eigenvalue weighted by Crippen LogP contribution is -2.49. The van der Waals surface area contributed by atoms with E-state index in [1.54, 1.807) is 0 Å². The second-order valence-electron chi connectivity index (χ2n) is 5.45. The van der Waals surface area contributed by atoms with Crippen molar-refractivity contribution in [1.29, 1.82) is 0 Å². The summed E-state index contributed by atoms with van der Waals surface area (Å²) in [6.45, 7) is 0. The first-order valence-corrected chi connectivity index (χ1v) is 7.65. The lowest BCUT2D eigenvalue weighted by atomic mass is 9.96. The average molecular weight is 377 g/mol. The molecule has 0 aromatic carbocycles. The van der Waals surface area contributed by atoms with Crippen LogP contribution in [0, 0.1) is 5.92 Å². The normalized spacial score (nSPS) is 12.5. The Morgan fingerprint density at radius 1 is 1.12 bits per heavy atom. The van der Waals surface area contributed by atoms with Crippen LogP contribution in [0.4, 0.5) is 0 Å². The number of carbonyl (C=O) groups is 5. The number of hydroxylamine groups is 2. The molecule has 2 atom stereocenters. The number of carbonyl (C=O) groups excluding carboxylic acids is 4. The predicted octanol–water partition coefficient (Wildman–Crippen LogP) is -1.27. The number of hydrogen-bond donors (Lipinski definition) is 5. The Bertz CT molecular complexity index is 536. The summed E-state index contributed by atoms with van der Waals surface area (Å²) in [5.74, 6) is -5.58. The van der Waals surface area contributed by atoms with Crippen molar-refractivity contribution in [2.75, 3.05) is 14.1 Å². The van der Waals surface area contributed by atoms with Crippen molar-refractivity contribution in [1.82, 2.24) is 15.7 Å². The molecule has 0 unspecified atom stereocenters. The highest BCUT2D eigenvalue weighted by atomic mass is 17.1. The lowest BCUT2D eigenvalue weighted by Gasteiger charge is -2.21. The van der Waals surface area contributed by atoms with Gasteiger partial charge in [0.25, 0.3) is 0 Å². The second-order valence-corrected chi connectivity index (χ2v) is 5.45. The Morgan fingerprint density at radius 2 is 1.73 bits per heavy atom. The van der Waals surface area contributed by atoms with E-state index in [-0.39, 0.29) is 24.3 Å². The molecule has 12 heteroatoms. The molecule has 12 nitrogen and oxygen atoms in total. The summed E-state index contributed by atoms with van der Waals surface area (Å²) in [6.07, 6.45) is -1.23. The third-order valence-electron chi connectivity index (χ3n) is 3.45. The van der Waals surface area contributed by atoms with Crippen LogP contribution in [-0.4, -0.2) is 70.4 Å². The van der Waals surface area contributed by atoms with E-state index in [1.807, 2.05) is 0 Å². The largest absolute Gasteiger partial charge is 0.481 e. The smallest absolute Gasteiger partial charge is 0.344 e. The SMILES string of the molecule is CNC(=O)[C@H](CC(=O)OO)NC(=O)[C@H](CCCC(=O)O)CC(=O)N(C)O. The molecule has 26 heavy (non-hydrogen) atoms. The molecule has 0 aromatic rings. The number of amides is 3. The zero-order chi connectivity index (χ0) is 20.3. The Hall–Kier alpha value is -2.73. The van der Waals surface area contributed by atoms with E-state index in [4.69, 9.17) is 15.6 Å². The van der Waals surface area contributed by atoms with Crippen molar-refractivity contribution in [3.8, 4) is 0 Å². The molecule has 0 heterocycles. The summed E-state index contributed by atoms with van der Waals surface area (Å²) in [5.41, 5.74) is 0. The Labute approximate surface area is 149 Å². The molecule has 0 aliphatic rings. The van der Waals surface area contributed by atoms with Gasteiger partial charge in [-0.25, -0.2) is 9.86 Å². The molecule has 0 fully saturated rings. The summed E-state index contributed by atoms with van der Waals surface area (Å²) in [7, 11) is 2.33. The van der Waals surface area contributed by atoms with Gasteiger partial charge in [0, 0.05) is 32.9 Å². The number of hydrogen-bond acceptors (Lipinski definition) is 8. The minimum absolute atomic E-state index is 0.00260. The molecule has 0 aliphatic heterocycles. The summed E-state index contributed by atoms with van der Waals surface area (Å²) in [6, 6.07) is -1.36. The number of likely N-dealkylation sites (N-methyl/N-ethyl adjacent to an activating group) is 1. The van der Waals surface area contributed by atoms with Gasteiger partial charge in [-0.2, -0.15) is 5.26 Å². The molecule has 0 saturated carbocycles. The van der Waals surface area contributed by atoms with Gasteiger partial charge in [-0.05, 0) is 12.8 Å². The number of rotatable bonds is 11. The molecule has 0 spiro atoms. The Balaban J connectivity index is 5.12. The van der Waals surface area contributed by atoms with E-state index in [0.717, 1.165) is 7.05 Å². The molecule has 0 bridgehead atoms.